The van der Waals surface area contributed by atoms with Crippen molar-refractivity contribution in [3.05, 3.63) is 48.7 Å². The van der Waals surface area contributed by atoms with Crippen molar-refractivity contribution in [1.29, 1.82) is 0 Å². The van der Waals surface area contributed by atoms with Crippen LogP contribution in [0.25, 0.3) is 22.5 Å². The van der Waals surface area contributed by atoms with Crippen LogP contribution in [0.3, 0.4) is 0 Å². The molecular formula is C21H22N4O3. The number of phenols is 1. The zero-order valence-corrected chi connectivity index (χ0v) is 15.6. The molecule has 2 heterocycles. The number of hydrogen-bond acceptors (Lipinski definition) is 7. The number of rotatable bonds is 6. The van der Waals surface area contributed by atoms with E-state index in [1.807, 2.05) is 37.3 Å². The van der Waals surface area contributed by atoms with E-state index in [0.29, 0.717) is 29.5 Å². The number of hydrogen-bond donors (Lipinski definition) is 3. The molecule has 3 aromatic rings. The molecule has 4 N–H and O–H groups in total. The predicted molar refractivity (Wildman–Crippen MR) is 107 cm³/mol. The van der Waals surface area contributed by atoms with Gasteiger partial charge in [0, 0.05) is 18.8 Å². The molecule has 28 heavy (non-hydrogen) atoms. The van der Waals surface area contributed by atoms with Gasteiger partial charge in [-0.15, -0.1) is 0 Å². The molecular weight excluding hydrogens is 356 g/mol. The average Bonchev–Trinajstić information content (AvgIpc) is 3.20. The second-order valence-electron chi connectivity index (χ2n) is 6.61. The highest BCUT2D eigenvalue weighted by atomic mass is 16.7. The first-order chi connectivity index (χ1) is 13.6. The molecule has 7 nitrogen and oxygen atoms in total. The third-order valence-electron chi connectivity index (χ3n) is 4.67. The first-order valence-corrected chi connectivity index (χ1v) is 9.20. The van der Waals surface area contributed by atoms with Gasteiger partial charge in [0.2, 0.25) is 6.79 Å². The number of nitrogens with zero attached hydrogens (tertiary/aromatic N) is 2. The van der Waals surface area contributed by atoms with Crippen LogP contribution in [-0.4, -0.2) is 34.5 Å². The van der Waals surface area contributed by atoms with Crippen molar-refractivity contribution in [2.75, 3.05) is 18.7 Å². The Kier molecular flexibility index (Phi) is 4.99. The molecule has 0 aliphatic carbocycles. The van der Waals surface area contributed by atoms with E-state index in [0.717, 1.165) is 23.3 Å². The molecule has 4 rings (SSSR count). The number of anilines is 1. The van der Waals surface area contributed by atoms with Gasteiger partial charge >= 0.3 is 0 Å². The molecule has 0 bridgehead atoms. The Morgan fingerprint density at radius 3 is 2.75 bits per heavy atom. The van der Waals surface area contributed by atoms with Crippen LogP contribution in [-0.2, 0) is 0 Å². The monoisotopic (exact) mass is 378 g/mol. The molecule has 1 aromatic heterocycles. The van der Waals surface area contributed by atoms with Gasteiger partial charge < -0.3 is 25.6 Å². The molecule has 0 radical (unpaired) electrons. The summed E-state index contributed by atoms with van der Waals surface area (Å²) < 4.78 is 10.8. The third-order valence-corrected chi connectivity index (χ3v) is 4.67. The SMILES string of the molecule is CCC(N)CNc1ccnc(-c2cc(-c3ccc4c(c3)OCO4)ccc2O)n1. The molecule has 0 fully saturated rings. The van der Waals surface area contributed by atoms with Crippen LogP contribution in [0.5, 0.6) is 17.2 Å². The Morgan fingerprint density at radius 2 is 1.89 bits per heavy atom. The van der Waals surface area contributed by atoms with E-state index >= 15 is 0 Å². The Labute approximate surface area is 163 Å². The van der Waals surface area contributed by atoms with Gasteiger partial charge in [0.05, 0.1) is 5.56 Å². The van der Waals surface area contributed by atoms with Gasteiger partial charge in [-0.25, -0.2) is 9.97 Å². The van der Waals surface area contributed by atoms with Crippen LogP contribution < -0.4 is 20.5 Å². The Balaban J connectivity index is 1.64. The molecule has 2 aromatic carbocycles. The summed E-state index contributed by atoms with van der Waals surface area (Å²) in [5.41, 5.74) is 8.38. The summed E-state index contributed by atoms with van der Waals surface area (Å²) in [5.74, 6) is 2.67. The van der Waals surface area contributed by atoms with E-state index < -0.39 is 0 Å². The maximum absolute atomic E-state index is 10.4. The van der Waals surface area contributed by atoms with E-state index in [4.69, 9.17) is 15.2 Å². The number of nitrogens with two attached hydrogens (primary N) is 1. The summed E-state index contributed by atoms with van der Waals surface area (Å²) in [5, 5.41) is 13.6. The van der Waals surface area contributed by atoms with Crippen LogP contribution in [0, 0.1) is 0 Å². The fourth-order valence-corrected chi connectivity index (χ4v) is 2.94. The first kappa shape index (κ1) is 18.1. The maximum atomic E-state index is 10.4. The van der Waals surface area contributed by atoms with Gasteiger partial charge in [0.25, 0.3) is 0 Å². The van der Waals surface area contributed by atoms with E-state index in [1.54, 1.807) is 18.3 Å². The lowest BCUT2D eigenvalue weighted by molar-refractivity contribution is 0.174. The molecule has 1 aliphatic rings. The summed E-state index contributed by atoms with van der Waals surface area (Å²) >= 11 is 0. The summed E-state index contributed by atoms with van der Waals surface area (Å²) in [7, 11) is 0. The van der Waals surface area contributed by atoms with E-state index in [1.165, 1.54) is 0 Å². The van der Waals surface area contributed by atoms with E-state index in [2.05, 4.69) is 15.3 Å². The molecule has 1 aliphatic heterocycles. The lowest BCUT2D eigenvalue weighted by Crippen LogP contribution is -2.28. The number of fused-ring (bicyclic) bond motifs is 1. The highest BCUT2D eigenvalue weighted by Gasteiger charge is 2.15. The van der Waals surface area contributed by atoms with Crippen molar-refractivity contribution in [3.8, 4) is 39.8 Å². The van der Waals surface area contributed by atoms with E-state index in [9.17, 15) is 5.11 Å². The predicted octanol–water partition coefficient (Wildman–Crippen LogP) is 3.39. The normalized spacial score (nSPS) is 13.4. The van der Waals surface area contributed by atoms with Gasteiger partial charge in [-0.1, -0.05) is 19.1 Å². The van der Waals surface area contributed by atoms with Crippen molar-refractivity contribution in [2.45, 2.75) is 19.4 Å². The van der Waals surface area contributed by atoms with Gasteiger partial charge in [-0.2, -0.15) is 0 Å². The number of benzene rings is 2. The standard InChI is InChI=1S/C21H22N4O3/c1-2-15(22)11-24-20-7-8-23-21(25-20)16-9-13(3-5-17(16)26)14-4-6-18-19(10-14)28-12-27-18/h3-10,15,26H,2,11-12,22H2,1H3,(H,23,24,25). The average molecular weight is 378 g/mol. The molecule has 7 heteroatoms. The van der Waals surface area contributed by atoms with Crippen LogP contribution >= 0.6 is 0 Å². The molecule has 144 valence electrons. The summed E-state index contributed by atoms with van der Waals surface area (Å²) in [4.78, 5) is 8.84. The summed E-state index contributed by atoms with van der Waals surface area (Å²) in [6.45, 7) is 2.89. The van der Waals surface area contributed by atoms with Gasteiger partial charge in [-0.3, -0.25) is 0 Å². The van der Waals surface area contributed by atoms with Crippen LogP contribution in [0.4, 0.5) is 5.82 Å². The highest BCUT2D eigenvalue weighted by Crippen LogP contribution is 2.38. The molecule has 0 saturated carbocycles. The number of nitrogens with one attached hydrogen (secondary N) is 1. The number of aromatic hydroxyl groups is 1. The van der Waals surface area contributed by atoms with Gasteiger partial charge in [-0.05, 0) is 47.9 Å². The highest BCUT2D eigenvalue weighted by molar-refractivity contribution is 5.76. The van der Waals surface area contributed by atoms with Crippen molar-refractivity contribution in [3.63, 3.8) is 0 Å². The number of aromatic nitrogens is 2. The minimum atomic E-state index is 0.0566. The smallest absolute Gasteiger partial charge is 0.231 e. The van der Waals surface area contributed by atoms with Crippen molar-refractivity contribution < 1.29 is 14.6 Å². The fraction of sp³-hybridized carbons (Fsp3) is 0.238. The minimum absolute atomic E-state index is 0.0566. The molecule has 0 spiro atoms. The first-order valence-electron chi connectivity index (χ1n) is 9.20. The number of ether oxygens (including phenoxy) is 2. The largest absolute Gasteiger partial charge is 0.507 e. The van der Waals surface area contributed by atoms with Gasteiger partial charge in [0.1, 0.15) is 11.6 Å². The fourth-order valence-electron chi connectivity index (χ4n) is 2.94. The molecule has 0 amide bonds. The van der Waals surface area contributed by atoms with Crippen LogP contribution in [0.1, 0.15) is 13.3 Å². The second kappa shape index (κ2) is 7.74. The Hall–Kier alpha value is -3.32. The van der Waals surface area contributed by atoms with Crippen LogP contribution in [0.15, 0.2) is 48.7 Å². The summed E-state index contributed by atoms with van der Waals surface area (Å²) in [6.07, 6.45) is 2.54. The molecule has 1 unspecified atom stereocenters. The van der Waals surface area contributed by atoms with Gasteiger partial charge in [0.15, 0.2) is 17.3 Å². The zero-order valence-electron chi connectivity index (χ0n) is 15.6. The maximum Gasteiger partial charge on any atom is 0.231 e. The van der Waals surface area contributed by atoms with Crippen molar-refractivity contribution in [1.82, 2.24) is 9.97 Å². The quantitative estimate of drug-likeness (QED) is 0.604. The summed E-state index contributed by atoms with van der Waals surface area (Å²) in [6, 6.07) is 12.9. The molecule has 1 atom stereocenters. The van der Waals surface area contributed by atoms with Crippen LogP contribution in [0.2, 0.25) is 0 Å². The third kappa shape index (κ3) is 3.70. The minimum Gasteiger partial charge on any atom is -0.507 e. The second-order valence-corrected chi connectivity index (χ2v) is 6.61. The Morgan fingerprint density at radius 1 is 1.11 bits per heavy atom. The topological polar surface area (TPSA) is 103 Å². The Bertz CT molecular complexity index is 993. The number of phenolic OH excluding ortho intramolecular Hbond substituents is 1. The van der Waals surface area contributed by atoms with E-state index in [-0.39, 0.29) is 18.6 Å². The zero-order chi connectivity index (χ0) is 19.5. The lowest BCUT2D eigenvalue weighted by Gasteiger charge is -2.12. The van der Waals surface area contributed by atoms with Crippen molar-refractivity contribution >= 4 is 5.82 Å². The molecule has 0 saturated heterocycles. The lowest BCUT2D eigenvalue weighted by atomic mass is 10.0. The van der Waals surface area contributed by atoms with Crippen molar-refractivity contribution in [2.24, 2.45) is 5.73 Å².